The Bertz CT molecular complexity index is 1090. The topological polar surface area (TPSA) is 103 Å². The Kier molecular flexibility index (Phi) is 8.11. The van der Waals surface area contributed by atoms with Crippen molar-refractivity contribution in [3.8, 4) is 23.8 Å². The summed E-state index contributed by atoms with van der Waals surface area (Å²) in [5, 5.41) is 2.78. The summed E-state index contributed by atoms with van der Waals surface area (Å²) in [7, 11) is -2.23. The molecule has 0 spiro atoms. The van der Waals surface area contributed by atoms with Crippen LogP contribution in [0.25, 0.3) is 0 Å². The Morgan fingerprint density at radius 3 is 2.81 bits per heavy atom. The van der Waals surface area contributed by atoms with Crippen molar-refractivity contribution in [2.45, 2.75) is 30.4 Å². The third-order valence-electron chi connectivity index (χ3n) is 4.90. The molecule has 0 bridgehead atoms. The maximum Gasteiger partial charge on any atom is 0.251 e. The van der Waals surface area contributed by atoms with E-state index in [2.05, 4.69) is 16.0 Å². The number of nitrogens with one attached hydrogen (secondary N) is 2. The first kappa shape index (κ1) is 23.6. The number of methoxy groups -OCH3 is 1. The monoisotopic (exact) mass is 458 g/mol. The van der Waals surface area contributed by atoms with E-state index in [0.717, 1.165) is 25.0 Å². The molecule has 2 N–H and O–H groups in total. The van der Waals surface area contributed by atoms with Crippen LogP contribution in [0.15, 0.2) is 47.4 Å². The predicted molar refractivity (Wildman–Crippen MR) is 119 cm³/mol. The van der Waals surface area contributed by atoms with E-state index in [9.17, 15) is 13.2 Å². The summed E-state index contributed by atoms with van der Waals surface area (Å²) >= 11 is 0. The first-order chi connectivity index (χ1) is 15.4. The van der Waals surface area contributed by atoms with Gasteiger partial charge in [-0.25, -0.2) is 8.42 Å². The molecule has 1 fully saturated rings. The van der Waals surface area contributed by atoms with Crippen molar-refractivity contribution < 1.29 is 27.4 Å². The van der Waals surface area contributed by atoms with Crippen LogP contribution in [0.2, 0.25) is 0 Å². The molecule has 32 heavy (non-hydrogen) atoms. The van der Waals surface area contributed by atoms with E-state index in [4.69, 9.17) is 20.6 Å². The van der Waals surface area contributed by atoms with E-state index in [0.29, 0.717) is 18.1 Å². The smallest absolute Gasteiger partial charge is 0.251 e. The van der Waals surface area contributed by atoms with Crippen molar-refractivity contribution >= 4 is 15.9 Å². The summed E-state index contributed by atoms with van der Waals surface area (Å²) in [6.07, 6.45) is 7.22. The van der Waals surface area contributed by atoms with Crippen molar-refractivity contribution in [2.24, 2.45) is 0 Å². The van der Waals surface area contributed by atoms with E-state index >= 15 is 0 Å². The zero-order valence-corrected chi connectivity index (χ0v) is 18.6. The lowest BCUT2D eigenvalue weighted by Crippen LogP contribution is -2.25. The van der Waals surface area contributed by atoms with E-state index in [-0.39, 0.29) is 29.7 Å². The zero-order chi connectivity index (χ0) is 23.0. The molecule has 9 heteroatoms. The Morgan fingerprint density at radius 1 is 1.25 bits per heavy atom. The third-order valence-corrected chi connectivity index (χ3v) is 6.30. The summed E-state index contributed by atoms with van der Waals surface area (Å²) in [6, 6.07) is 11.2. The van der Waals surface area contributed by atoms with Gasteiger partial charge in [0.1, 0.15) is 6.61 Å². The van der Waals surface area contributed by atoms with Crippen LogP contribution in [0, 0.1) is 12.3 Å². The molecule has 1 aliphatic rings. The van der Waals surface area contributed by atoms with Gasteiger partial charge in [0.05, 0.1) is 24.7 Å². The number of terminal acetylenes is 1. The molecule has 0 radical (unpaired) electrons. The van der Waals surface area contributed by atoms with Crippen LogP contribution in [-0.2, 0) is 21.3 Å². The van der Waals surface area contributed by atoms with E-state index in [1.54, 1.807) is 19.2 Å². The van der Waals surface area contributed by atoms with Crippen molar-refractivity contribution in [3.05, 3.63) is 53.6 Å². The van der Waals surface area contributed by atoms with Crippen molar-refractivity contribution in [1.82, 2.24) is 10.0 Å². The second-order valence-electron chi connectivity index (χ2n) is 7.17. The van der Waals surface area contributed by atoms with Crippen LogP contribution in [0.5, 0.6) is 11.5 Å². The minimum Gasteiger partial charge on any atom is -0.493 e. The molecule has 1 saturated heterocycles. The van der Waals surface area contributed by atoms with Crippen molar-refractivity contribution in [1.29, 1.82) is 0 Å². The number of hydrogen-bond donors (Lipinski definition) is 2. The fraction of sp³-hybridized carbons (Fsp3) is 0.348. The second-order valence-corrected chi connectivity index (χ2v) is 8.94. The molecule has 8 nitrogen and oxygen atoms in total. The quantitative estimate of drug-likeness (QED) is 0.529. The highest BCUT2D eigenvalue weighted by Gasteiger charge is 2.18. The van der Waals surface area contributed by atoms with Gasteiger partial charge in [-0.2, -0.15) is 4.72 Å². The van der Waals surface area contributed by atoms with Crippen LogP contribution >= 0.6 is 0 Å². The number of rotatable bonds is 10. The first-order valence-corrected chi connectivity index (χ1v) is 11.6. The molecule has 0 aromatic heterocycles. The first-order valence-electron chi connectivity index (χ1n) is 10.2. The second kappa shape index (κ2) is 11.0. The minimum absolute atomic E-state index is 0.0326. The van der Waals surface area contributed by atoms with Crippen LogP contribution in [0.3, 0.4) is 0 Å². The number of hydrogen-bond acceptors (Lipinski definition) is 6. The van der Waals surface area contributed by atoms with Gasteiger partial charge in [-0.05, 0) is 48.7 Å². The van der Waals surface area contributed by atoms with Gasteiger partial charge < -0.3 is 19.5 Å². The van der Waals surface area contributed by atoms with Crippen molar-refractivity contribution in [2.75, 3.05) is 26.9 Å². The lowest BCUT2D eigenvalue weighted by Gasteiger charge is -2.15. The van der Waals surface area contributed by atoms with Gasteiger partial charge >= 0.3 is 0 Å². The Labute approximate surface area is 188 Å². The molecule has 1 heterocycles. The van der Waals surface area contributed by atoms with Crippen LogP contribution in [-0.4, -0.2) is 47.3 Å². The summed E-state index contributed by atoms with van der Waals surface area (Å²) < 4.78 is 43.5. The molecular formula is C23H26N2O6S. The molecule has 1 aliphatic heterocycles. The lowest BCUT2D eigenvalue weighted by atomic mass is 10.1. The van der Waals surface area contributed by atoms with Crippen molar-refractivity contribution in [3.63, 3.8) is 0 Å². The average Bonchev–Trinajstić information content (AvgIpc) is 3.34. The summed E-state index contributed by atoms with van der Waals surface area (Å²) in [6.45, 7) is 1.32. The van der Waals surface area contributed by atoms with Gasteiger partial charge in [0.25, 0.3) is 5.91 Å². The highest BCUT2D eigenvalue weighted by Crippen LogP contribution is 2.29. The molecule has 1 amide bonds. The molecule has 0 saturated carbocycles. The van der Waals surface area contributed by atoms with E-state index in [1.165, 1.54) is 24.3 Å². The summed E-state index contributed by atoms with van der Waals surface area (Å²) in [5.74, 6) is 2.97. The van der Waals surface area contributed by atoms with Crippen LogP contribution < -0.4 is 19.5 Å². The van der Waals surface area contributed by atoms with Gasteiger partial charge in [0.15, 0.2) is 11.5 Å². The van der Waals surface area contributed by atoms with Crippen LogP contribution in [0.1, 0.15) is 28.8 Å². The normalized spacial score (nSPS) is 15.7. The number of benzene rings is 2. The molecular weight excluding hydrogens is 432 g/mol. The molecule has 3 rings (SSSR count). The van der Waals surface area contributed by atoms with E-state index < -0.39 is 15.9 Å². The molecule has 1 unspecified atom stereocenters. The molecule has 2 aromatic carbocycles. The number of carbonyl (C=O) groups is 1. The van der Waals surface area contributed by atoms with E-state index in [1.807, 2.05) is 6.07 Å². The SMILES string of the molecule is C#CCNS(=O)(=O)c1cccc(C(=O)NCc2ccc(OCC3CCCO3)c(OC)c2)c1. The maximum atomic E-state index is 12.6. The molecule has 1 atom stereocenters. The van der Waals surface area contributed by atoms with Crippen LogP contribution in [0.4, 0.5) is 0 Å². The fourth-order valence-corrected chi connectivity index (χ4v) is 4.19. The zero-order valence-electron chi connectivity index (χ0n) is 17.8. The number of ether oxygens (including phenoxy) is 3. The Balaban J connectivity index is 1.62. The Hall–Kier alpha value is -3.06. The summed E-state index contributed by atoms with van der Waals surface area (Å²) in [5.41, 5.74) is 1.02. The highest BCUT2D eigenvalue weighted by molar-refractivity contribution is 7.89. The van der Waals surface area contributed by atoms with Gasteiger partial charge in [-0.3, -0.25) is 4.79 Å². The number of sulfonamides is 1. The Morgan fingerprint density at radius 2 is 2.09 bits per heavy atom. The van der Waals surface area contributed by atoms with Gasteiger partial charge in [0.2, 0.25) is 10.0 Å². The standard InChI is InChI=1S/C23H26N2O6S/c1-3-11-25-32(27,28)20-8-4-6-18(14-20)23(26)24-15-17-9-10-21(22(13-17)29-2)31-16-19-7-5-12-30-19/h1,4,6,8-10,13-14,19,25H,5,7,11-12,15-16H2,2H3,(H,24,26). The highest BCUT2D eigenvalue weighted by atomic mass is 32.2. The largest absolute Gasteiger partial charge is 0.493 e. The minimum atomic E-state index is -3.78. The molecule has 170 valence electrons. The predicted octanol–water partition coefficient (Wildman–Crippen LogP) is 2.09. The number of amides is 1. The fourth-order valence-electron chi connectivity index (χ4n) is 3.21. The van der Waals surface area contributed by atoms with Gasteiger partial charge in [-0.1, -0.05) is 18.1 Å². The maximum absolute atomic E-state index is 12.6. The summed E-state index contributed by atoms with van der Waals surface area (Å²) in [4.78, 5) is 12.5. The number of carbonyl (C=O) groups excluding carboxylic acids is 1. The average molecular weight is 459 g/mol. The van der Waals surface area contributed by atoms with Gasteiger partial charge in [0, 0.05) is 18.7 Å². The third kappa shape index (κ3) is 6.23. The molecule has 0 aliphatic carbocycles. The molecule has 2 aromatic rings. The lowest BCUT2D eigenvalue weighted by molar-refractivity contribution is 0.0669. The van der Waals surface area contributed by atoms with Gasteiger partial charge in [-0.15, -0.1) is 6.42 Å².